The minimum Gasteiger partial charge on any atom is -0.495 e. The van der Waals surface area contributed by atoms with Crippen LogP contribution in [0.3, 0.4) is 0 Å². The molecule has 1 unspecified atom stereocenters. The van der Waals surface area contributed by atoms with E-state index in [4.69, 9.17) is 4.74 Å². The fourth-order valence-electron chi connectivity index (χ4n) is 4.34. The third-order valence-corrected chi connectivity index (χ3v) is 6.07. The molecule has 1 aromatic heterocycles. The molecule has 4 rings (SSSR count). The van der Waals surface area contributed by atoms with Crippen LogP contribution < -0.4 is 4.74 Å². The lowest BCUT2D eigenvalue weighted by atomic mass is 9.94. The minimum absolute atomic E-state index is 0.0668. The van der Waals surface area contributed by atoms with E-state index in [1.807, 2.05) is 42.0 Å². The molecule has 1 atom stereocenters. The maximum Gasteiger partial charge on any atom is 0.250 e. The summed E-state index contributed by atoms with van der Waals surface area (Å²) in [5.41, 5.74) is 3.85. The smallest absolute Gasteiger partial charge is 0.250 e. The lowest BCUT2D eigenvalue weighted by molar-refractivity contribution is -0.138. The zero-order chi connectivity index (χ0) is 24.2. The molecule has 1 saturated heterocycles. The van der Waals surface area contributed by atoms with Crippen molar-refractivity contribution in [2.45, 2.75) is 39.2 Å². The zero-order valence-corrected chi connectivity index (χ0v) is 19.6. The Labute approximate surface area is 198 Å². The second-order valence-corrected chi connectivity index (χ2v) is 8.40. The summed E-state index contributed by atoms with van der Waals surface area (Å²) in [6.07, 6.45) is 7.16. The first-order chi connectivity index (χ1) is 16.4. The molecule has 3 aromatic rings. The molecule has 0 spiro atoms. The van der Waals surface area contributed by atoms with E-state index in [0.29, 0.717) is 29.9 Å². The molecule has 0 bridgehead atoms. The molecule has 1 amide bonds. The van der Waals surface area contributed by atoms with Gasteiger partial charge in [0, 0.05) is 24.7 Å². The average molecular weight is 462 g/mol. The molecule has 34 heavy (non-hydrogen) atoms. The summed E-state index contributed by atoms with van der Waals surface area (Å²) in [6, 6.07) is 10.8. The number of amides is 1. The highest BCUT2D eigenvalue weighted by atomic mass is 19.1. The van der Waals surface area contributed by atoms with Crippen LogP contribution in [0.4, 0.5) is 4.39 Å². The van der Waals surface area contributed by atoms with Crippen molar-refractivity contribution in [3.63, 3.8) is 0 Å². The standard InChI is InChI=1S/C27H28FN3O3/c1-4-24(32)26(20-8-10-22(28)11-9-20)31-13-5-6-21(27(31)33)14-19-7-12-23(25(15-19)34-3)30-16-18(2)29-17-30/h7-12,14-17,26H,4-6,13H2,1-3H3/b21-14+. The van der Waals surface area contributed by atoms with Gasteiger partial charge in [0.05, 0.1) is 24.8 Å². The number of likely N-dealkylation sites (tertiary alicyclic amines) is 1. The number of hydrogen-bond donors (Lipinski definition) is 0. The Balaban J connectivity index is 1.65. The van der Waals surface area contributed by atoms with E-state index in [1.165, 1.54) is 12.1 Å². The summed E-state index contributed by atoms with van der Waals surface area (Å²) >= 11 is 0. The fraction of sp³-hybridized carbons (Fsp3) is 0.296. The van der Waals surface area contributed by atoms with Crippen molar-refractivity contribution in [2.24, 2.45) is 0 Å². The predicted octanol–water partition coefficient (Wildman–Crippen LogP) is 5.05. The first-order valence-corrected chi connectivity index (χ1v) is 11.4. The lowest BCUT2D eigenvalue weighted by Crippen LogP contribution is -2.42. The normalized spacial score (nSPS) is 16.1. The van der Waals surface area contributed by atoms with Crippen LogP contribution in [-0.4, -0.2) is 39.8 Å². The highest BCUT2D eigenvalue weighted by Crippen LogP contribution is 2.32. The number of ketones is 1. The molecule has 0 aliphatic carbocycles. The van der Waals surface area contributed by atoms with Gasteiger partial charge >= 0.3 is 0 Å². The largest absolute Gasteiger partial charge is 0.495 e. The first-order valence-electron chi connectivity index (χ1n) is 11.4. The molecular weight excluding hydrogens is 433 g/mol. The summed E-state index contributed by atoms with van der Waals surface area (Å²) in [7, 11) is 1.61. The monoisotopic (exact) mass is 461 g/mol. The second kappa shape index (κ2) is 10.0. The van der Waals surface area contributed by atoms with Crippen LogP contribution in [0.1, 0.15) is 49.0 Å². The highest BCUT2D eigenvalue weighted by molar-refractivity contribution is 6.01. The van der Waals surface area contributed by atoms with E-state index in [1.54, 1.807) is 37.4 Å². The van der Waals surface area contributed by atoms with Gasteiger partial charge in [0.2, 0.25) is 0 Å². The van der Waals surface area contributed by atoms with E-state index in [2.05, 4.69) is 4.98 Å². The van der Waals surface area contributed by atoms with Gasteiger partial charge in [0.25, 0.3) is 5.91 Å². The van der Waals surface area contributed by atoms with Crippen molar-refractivity contribution >= 4 is 17.8 Å². The van der Waals surface area contributed by atoms with Crippen LogP contribution in [0.15, 0.2) is 60.6 Å². The quantitative estimate of drug-likeness (QED) is 0.462. The van der Waals surface area contributed by atoms with E-state index in [9.17, 15) is 14.0 Å². The van der Waals surface area contributed by atoms with Crippen molar-refractivity contribution in [2.75, 3.05) is 13.7 Å². The number of ether oxygens (including phenoxy) is 1. The van der Waals surface area contributed by atoms with Gasteiger partial charge in [-0.2, -0.15) is 0 Å². The summed E-state index contributed by atoms with van der Waals surface area (Å²) in [6.45, 7) is 4.18. The Morgan fingerprint density at radius 3 is 2.65 bits per heavy atom. The van der Waals surface area contributed by atoms with Gasteiger partial charge < -0.3 is 14.2 Å². The molecule has 0 radical (unpaired) electrons. The molecule has 1 fully saturated rings. The summed E-state index contributed by atoms with van der Waals surface area (Å²) < 4.78 is 20.9. The van der Waals surface area contributed by atoms with Crippen molar-refractivity contribution in [3.05, 3.63) is 83.2 Å². The van der Waals surface area contributed by atoms with Crippen LogP contribution >= 0.6 is 0 Å². The molecule has 6 nitrogen and oxygen atoms in total. The summed E-state index contributed by atoms with van der Waals surface area (Å²) in [5.74, 6) is 0.0518. The molecule has 176 valence electrons. The number of aryl methyl sites for hydroxylation is 1. The van der Waals surface area contributed by atoms with Crippen LogP contribution in [0.25, 0.3) is 11.8 Å². The molecule has 1 aliphatic heterocycles. The summed E-state index contributed by atoms with van der Waals surface area (Å²) in [4.78, 5) is 32.2. The number of piperidine rings is 1. The maximum absolute atomic E-state index is 13.5. The number of nitrogens with zero attached hydrogens (tertiary/aromatic N) is 3. The molecule has 7 heteroatoms. The summed E-state index contributed by atoms with van der Waals surface area (Å²) in [5, 5.41) is 0. The Kier molecular flexibility index (Phi) is 6.91. The van der Waals surface area contributed by atoms with E-state index < -0.39 is 6.04 Å². The topological polar surface area (TPSA) is 64.4 Å². The van der Waals surface area contributed by atoms with Crippen molar-refractivity contribution < 1.29 is 18.7 Å². The Bertz CT molecular complexity index is 1230. The minimum atomic E-state index is -0.719. The fourth-order valence-corrected chi connectivity index (χ4v) is 4.34. The number of rotatable bonds is 7. The number of aromatic nitrogens is 2. The van der Waals surface area contributed by atoms with Crippen LogP contribution in [0.5, 0.6) is 5.75 Å². The van der Waals surface area contributed by atoms with Gasteiger partial charge in [-0.05, 0) is 61.2 Å². The van der Waals surface area contributed by atoms with Gasteiger partial charge in [-0.3, -0.25) is 9.59 Å². The Morgan fingerprint density at radius 2 is 2.00 bits per heavy atom. The number of methoxy groups -OCH3 is 1. The number of halogens is 1. The van der Waals surface area contributed by atoms with E-state index in [0.717, 1.165) is 23.4 Å². The van der Waals surface area contributed by atoms with Crippen molar-refractivity contribution in [1.29, 1.82) is 0 Å². The average Bonchev–Trinajstić information content (AvgIpc) is 3.28. The number of carbonyl (C=O) groups excluding carboxylic acids is 2. The van der Waals surface area contributed by atoms with Gasteiger partial charge in [-0.25, -0.2) is 9.37 Å². The number of imidazole rings is 1. The number of carbonyl (C=O) groups is 2. The van der Waals surface area contributed by atoms with Gasteiger partial charge in [-0.15, -0.1) is 0 Å². The predicted molar refractivity (Wildman–Crippen MR) is 128 cm³/mol. The van der Waals surface area contributed by atoms with Gasteiger partial charge in [0.15, 0.2) is 5.78 Å². The number of Topliss-reactive ketones (excluding diaryl/α,β-unsaturated/α-hetero) is 1. The highest BCUT2D eigenvalue weighted by Gasteiger charge is 2.34. The van der Waals surface area contributed by atoms with E-state index >= 15 is 0 Å². The Hall–Kier alpha value is -3.74. The van der Waals surface area contributed by atoms with Crippen LogP contribution in [0.2, 0.25) is 0 Å². The Morgan fingerprint density at radius 1 is 1.24 bits per heavy atom. The lowest BCUT2D eigenvalue weighted by Gasteiger charge is -2.35. The molecule has 0 saturated carbocycles. The van der Waals surface area contributed by atoms with Gasteiger partial charge in [-0.1, -0.05) is 25.1 Å². The van der Waals surface area contributed by atoms with Crippen LogP contribution in [0, 0.1) is 12.7 Å². The van der Waals surface area contributed by atoms with E-state index in [-0.39, 0.29) is 23.9 Å². The third kappa shape index (κ3) is 4.78. The SMILES string of the molecule is CCC(=O)C(c1ccc(F)cc1)N1CCC/C(=C\c2ccc(-n3cnc(C)c3)c(OC)c2)C1=O. The van der Waals surface area contributed by atoms with Crippen molar-refractivity contribution in [3.8, 4) is 11.4 Å². The second-order valence-electron chi connectivity index (χ2n) is 8.40. The number of benzene rings is 2. The maximum atomic E-state index is 13.5. The zero-order valence-electron chi connectivity index (χ0n) is 19.6. The van der Waals surface area contributed by atoms with Crippen LogP contribution in [-0.2, 0) is 9.59 Å². The third-order valence-electron chi connectivity index (χ3n) is 6.07. The molecule has 0 N–H and O–H groups in total. The molecule has 2 aromatic carbocycles. The first kappa shape index (κ1) is 23.4. The van der Waals surface area contributed by atoms with Crippen molar-refractivity contribution in [1.82, 2.24) is 14.5 Å². The van der Waals surface area contributed by atoms with Gasteiger partial charge in [0.1, 0.15) is 17.6 Å². The number of hydrogen-bond acceptors (Lipinski definition) is 4. The molecule has 2 heterocycles. The molecule has 1 aliphatic rings. The molecular formula is C27H28FN3O3.